The first kappa shape index (κ1) is 10.8. The van der Waals surface area contributed by atoms with Gasteiger partial charge in [-0.25, -0.2) is 0 Å². The maximum absolute atomic E-state index is 10.8. The van der Waals surface area contributed by atoms with Gasteiger partial charge in [-0.05, 0) is 19.9 Å². The molecule has 0 bridgehead atoms. The van der Waals surface area contributed by atoms with Gasteiger partial charge in [-0.2, -0.15) is 5.10 Å². The fourth-order valence-electron chi connectivity index (χ4n) is 2.60. The third-order valence-electron chi connectivity index (χ3n) is 3.60. The molecular weight excluding hydrogens is 218 g/mol. The van der Waals surface area contributed by atoms with Gasteiger partial charge < -0.3 is 10.0 Å². The topological polar surface area (TPSA) is 58.4 Å². The summed E-state index contributed by atoms with van der Waals surface area (Å²) in [6.45, 7) is 1.90. The molecule has 1 aromatic rings. The van der Waals surface area contributed by atoms with E-state index in [0.29, 0.717) is 5.92 Å². The summed E-state index contributed by atoms with van der Waals surface area (Å²) in [6.07, 6.45) is 3.33. The molecule has 0 atom stereocenters. The highest BCUT2D eigenvalue weighted by Crippen LogP contribution is 2.42. The molecule has 0 aromatic carbocycles. The molecule has 17 heavy (non-hydrogen) atoms. The van der Waals surface area contributed by atoms with Crippen LogP contribution in [0.5, 0.6) is 0 Å². The van der Waals surface area contributed by atoms with Crippen molar-refractivity contribution in [1.29, 1.82) is 0 Å². The molecule has 1 aromatic heterocycles. The molecule has 0 spiro atoms. The normalized spacial score (nSPS) is 20.3. The number of hydrogen-bond acceptors (Lipinski definition) is 3. The molecule has 5 heteroatoms. The lowest BCUT2D eigenvalue weighted by atomic mass is 10.0. The summed E-state index contributed by atoms with van der Waals surface area (Å²) in [5.41, 5.74) is 3.60. The van der Waals surface area contributed by atoms with E-state index in [1.165, 1.54) is 18.4 Å². The van der Waals surface area contributed by atoms with Crippen LogP contribution in [0.15, 0.2) is 0 Å². The van der Waals surface area contributed by atoms with Crippen LogP contribution in [0.25, 0.3) is 0 Å². The summed E-state index contributed by atoms with van der Waals surface area (Å²) < 4.78 is 1.71. The highest BCUT2D eigenvalue weighted by molar-refractivity contribution is 5.66. The maximum atomic E-state index is 10.8. The molecular formula is C12H17N3O2. The van der Waals surface area contributed by atoms with Crippen LogP contribution >= 0.6 is 0 Å². The van der Waals surface area contributed by atoms with Crippen molar-refractivity contribution in [2.45, 2.75) is 38.3 Å². The highest BCUT2D eigenvalue weighted by atomic mass is 16.4. The smallest absolute Gasteiger partial charge is 0.325 e. The molecule has 1 aliphatic heterocycles. The first-order chi connectivity index (χ1) is 8.15. The van der Waals surface area contributed by atoms with Crippen molar-refractivity contribution < 1.29 is 9.90 Å². The van der Waals surface area contributed by atoms with Crippen LogP contribution in [0.3, 0.4) is 0 Å². The molecule has 3 rings (SSSR count). The van der Waals surface area contributed by atoms with Gasteiger partial charge in [0.15, 0.2) is 0 Å². The predicted molar refractivity (Wildman–Crippen MR) is 61.9 cm³/mol. The first-order valence-corrected chi connectivity index (χ1v) is 6.14. The van der Waals surface area contributed by atoms with Crippen molar-refractivity contribution in [2.24, 2.45) is 0 Å². The number of carbonyl (C=O) groups is 1. The average Bonchev–Trinajstić information content (AvgIpc) is 3.03. The van der Waals surface area contributed by atoms with E-state index in [2.05, 4.69) is 17.0 Å². The Hall–Kier alpha value is -1.36. The Balaban J connectivity index is 1.99. The van der Waals surface area contributed by atoms with E-state index in [0.717, 1.165) is 30.9 Å². The van der Waals surface area contributed by atoms with Gasteiger partial charge in [0.1, 0.15) is 6.54 Å². The van der Waals surface area contributed by atoms with Crippen LogP contribution in [0, 0.1) is 0 Å². The molecule has 2 heterocycles. The molecule has 0 amide bonds. The Morgan fingerprint density at radius 3 is 2.94 bits per heavy atom. The fourth-order valence-corrected chi connectivity index (χ4v) is 2.60. The zero-order chi connectivity index (χ0) is 12.0. The van der Waals surface area contributed by atoms with Crippen molar-refractivity contribution in [3.05, 3.63) is 17.0 Å². The van der Waals surface area contributed by atoms with Crippen LogP contribution in [-0.4, -0.2) is 39.3 Å². The Morgan fingerprint density at radius 1 is 1.53 bits per heavy atom. The summed E-state index contributed by atoms with van der Waals surface area (Å²) in [7, 11) is 2.11. The second-order valence-electron chi connectivity index (χ2n) is 5.12. The van der Waals surface area contributed by atoms with Crippen LogP contribution in [0.2, 0.25) is 0 Å². The second kappa shape index (κ2) is 3.84. The van der Waals surface area contributed by atoms with Crippen molar-refractivity contribution in [3.8, 4) is 0 Å². The van der Waals surface area contributed by atoms with Crippen LogP contribution in [0.4, 0.5) is 0 Å². The second-order valence-corrected chi connectivity index (χ2v) is 5.12. The third-order valence-corrected chi connectivity index (χ3v) is 3.60. The Morgan fingerprint density at radius 2 is 2.29 bits per heavy atom. The van der Waals surface area contributed by atoms with Crippen LogP contribution in [0.1, 0.15) is 35.7 Å². The number of aliphatic carboxylic acids is 1. The van der Waals surface area contributed by atoms with Gasteiger partial charge in [-0.1, -0.05) is 0 Å². The van der Waals surface area contributed by atoms with Crippen molar-refractivity contribution in [2.75, 3.05) is 13.6 Å². The number of carboxylic acids is 1. The molecule has 92 valence electrons. The number of nitrogens with zero attached hydrogens (tertiary/aromatic N) is 3. The Kier molecular flexibility index (Phi) is 2.43. The van der Waals surface area contributed by atoms with E-state index in [4.69, 9.17) is 5.11 Å². The summed E-state index contributed by atoms with van der Waals surface area (Å²) in [5, 5.41) is 13.5. The summed E-state index contributed by atoms with van der Waals surface area (Å²) in [4.78, 5) is 13.1. The SMILES string of the molecule is CN1CCc2c(c(C3CC3)nn2CC(=O)O)C1. The summed E-state index contributed by atoms with van der Waals surface area (Å²) in [5.74, 6) is -0.220. The molecule has 0 radical (unpaired) electrons. The van der Waals surface area contributed by atoms with E-state index < -0.39 is 5.97 Å². The monoisotopic (exact) mass is 235 g/mol. The zero-order valence-electron chi connectivity index (χ0n) is 10.0. The van der Waals surface area contributed by atoms with Crippen molar-refractivity contribution in [3.63, 3.8) is 0 Å². The zero-order valence-corrected chi connectivity index (χ0v) is 10.0. The van der Waals surface area contributed by atoms with Gasteiger partial charge in [-0.3, -0.25) is 9.48 Å². The number of aromatic nitrogens is 2. The summed E-state index contributed by atoms with van der Waals surface area (Å²) >= 11 is 0. The molecule has 1 saturated carbocycles. The molecule has 0 saturated heterocycles. The molecule has 2 aliphatic rings. The first-order valence-electron chi connectivity index (χ1n) is 6.14. The number of likely N-dealkylation sites (N-methyl/N-ethyl adjacent to an activating group) is 1. The quantitative estimate of drug-likeness (QED) is 0.843. The number of carboxylic acid groups (broad SMARTS) is 1. The number of fused-ring (bicyclic) bond motifs is 1. The van der Waals surface area contributed by atoms with Crippen molar-refractivity contribution in [1.82, 2.24) is 14.7 Å². The maximum Gasteiger partial charge on any atom is 0.325 e. The van der Waals surface area contributed by atoms with Crippen LogP contribution < -0.4 is 0 Å². The molecule has 1 N–H and O–H groups in total. The van der Waals surface area contributed by atoms with Gasteiger partial charge in [0, 0.05) is 36.7 Å². The lowest BCUT2D eigenvalue weighted by Gasteiger charge is -2.23. The van der Waals surface area contributed by atoms with Gasteiger partial charge in [0.2, 0.25) is 0 Å². The van der Waals surface area contributed by atoms with Gasteiger partial charge in [-0.15, -0.1) is 0 Å². The summed E-state index contributed by atoms with van der Waals surface area (Å²) in [6, 6.07) is 0. The number of hydrogen-bond donors (Lipinski definition) is 1. The average molecular weight is 235 g/mol. The molecule has 1 aliphatic carbocycles. The van der Waals surface area contributed by atoms with E-state index in [1.54, 1.807) is 4.68 Å². The minimum Gasteiger partial charge on any atom is -0.480 e. The number of rotatable bonds is 3. The highest BCUT2D eigenvalue weighted by Gasteiger charge is 2.33. The van der Waals surface area contributed by atoms with Crippen LogP contribution in [-0.2, 0) is 24.3 Å². The van der Waals surface area contributed by atoms with Gasteiger partial charge in [0.05, 0.1) is 5.69 Å². The lowest BCUT2D eigenvalue weighted by molar-refractivity contribution is -0.137. The molecule has 5 nitrogen and oxygen atoms in total. The van der Waals surface area contributed by atoms with E-state index in [1.807, 2.05) is 0 Å². The van der Waals surface area contributed by atoms with E-state index in [-0.39, 0.29) is 6.54 Å². The van der Waals surface area contributed by atoms with Crippen molar-refractivity contribution >= 4 is 5.97 Å². The standard InChI is InChI=1S/C12H17N3O2/c1-14-5-4-10-9(6-14)12(8-2-3-8)13-15(10)7-11(16)17/h8H,2-7H2,1H3,(H,16,17). The lowest BCUT2D eigenvalue weighted by Crippen LogP contribution is -2.28. The Labute approximate surface area is 100 Å². The minimum atomic E-state index is -0.809. The minimum absolute atomic E-state index is 0.00122. The van der Waals surface area contributed by atoms with E-state index in [9.17, 15) is 4.79 Å². The largest absolute Gasteiger partial charge is 0.480 e. The molecule has 1 fully saturated rings. The van der Waals surface area contributed by atoms with Gasteiger partial charge >= 0.3 is 5.97 Å². The fraction of sp³-hybridized carbons (Fsp3) is 0.667. The predicted octanol–water partition coefficient (Wildman–Crippen LogP) is 0.833. The van der Waals surface area contributed by atoms with E-state index >= 15 is 0 Å². The Bertz CT molecular complexity index is 463. The third kappa shape index (κ3) is 1.95. The van der Waals surface area contributed by atoms with Gasteiger partial charge in [0.25, 0.3) is 0 Å². The molecule has 0 unspecified atom stereocenters.